The summed E-state index contributed by atoms with van der Waals surface area (Å²) in [5, 5.41) is 2.82. The fraction of sp³-hybridized carbons (Fsp3) is 0.200. The molecule has 0 aliphatic carbocycles. The third kappa shape index (κ3) is 4.63. The molecule has 0 atom stereocenters. The van der Waals surface area contributed by atoms with Crippen LogP contribution < -0.4 is 10.2 Å². The maximum atomic E-state index is 12.2. The number of nitrogens with zero attached hydrogens (tertiary/aromatic N) is 4. The Morgan fingerprint density at radius 2 is 1.81 bits per heavy atom. The van der Waals surface area contributed by atoms with E-state index in [4.69, 9.17) is 0 Å². The molecule has 0 aliphatic heterocycles. The molecule has 0 saturated heterocycles. The first kappa shape index (κ1) is 17.5. The number of benzene rings is 1. The Morgan fingerprint density at radius 3 is 2.46 bits per heavy atom. The van der Waals surface area contributed by atoms with E-state index in [0.717, 1.165) is 24.5 Å². The van der Waals surface area contributed by atoms with Crippen molar-refractivity contribution in [3.63, 3.8) is 0 Å². The van der Waals surface area contributed by atoms with Crippen LogP contribution in [0.25, 0.3) is 0 Å². The number of carbonyl (C=O) groups excluding carboxylic acids is 1. The molecule has 0 radical (unpaired) electrons. The second kappa shape index (κ2) is 8.71. The number of pyridine rings is 1. The van der Waals surface area contributed by atoms with Crippen molar-refractivity contribution in [1.82, 2.24) is 20.3 Å². The van der Waals surface area contributed by atoms with E-state index in [1.165, 1.54) is 11.8 Å². The van der Waals surface area contributed by atoms with Gasteiger partial charge in [-0.15, -0.1) is 0 Å². The van der Waals surface area contributed by atoms with Gasteiger partial charge in [0.05, 0.1) is 12.4 Å². The Bertz CT molecular complexity index is 822. The van der Waals surface area contributed by atoms with Crippen LogP contribution in [0.3, 0.4) is 0 Å². The molecule has 3 aromatic rings. The average molecular weight is 347 g/mol. The molecule has 0 aliphatic rings. The van der Waals surface area contributed by atoms with Crippen LogP contribution >= 0.6 is 0 Å². The summed E-state index contributed by atoms with van der Waals surface area (Å²) in [4.78, 5) is 27.0. The fourth-order valence-corrected chi connectivity index (χ4v) is 2.54. The SMILES string of the molecule is CCN(Cc1ccccc1)c1cnc(C(=O)NCc2cccnc2)cn1. The van der Waals surface area contributed by atoms with Gasteiger partial charge in [0.2, 0.25) is 0 Å². The zero-order chi connectivity index (χ0) is 18.2. The summed E-state index contributed by atoms with van der Waals surface area (Å²) in [5.74, 6) is 0.499. The van der Waals surface area contributed by atoms with Crippen molar-refractivity contribution in [2.75, 3.05) is 11.4 Å². The minimum absolute atomic E-state index is 0.251. The first-order valence-corrected chi connectivity index (χ1v) is 8.54. The molecule has 6 nitrogen and oxygen atoms in total. The van der Waals surface area contributed by atoms with Crippen molar-refractivity contribution in [2.24, 2.45) is 0 Å². The molecule has 0 saturated carbocycles. The van der Waals surface area contributed by atoms with Crippen LogP contribution in [-0.4, -0.2) is 27.4 Å². The maximum absolute atomic E-state index is 12.2. The van der Waals surface area contributed by atoms with Crippen molar-refractivity contribution in [3.8, 4) is 0 Å². The Kier molecular flexibility index (Phi) is 5.88. The van der Waals surface area contributed by atoms with E-state index >= 15 is 0 Å². The second-order valence-corrected chi connectivity index (χ2v) is 5.80. The molecule has 2 aromatic heterocycles. The molecule has 0 unspecified atom stereocenters. The van der Waals surface area contributed by atoms with E-state index in [1.54, 1.807) is 18.6 Å². The lowest BCUT2D eigenvalue weighted by Gasteiger charge is -2.21. The quantitative estimate of drug-likeness (QED) is 0.712. The minimum Gasteiger partial charge on any atom is -0.351 e. The Hall–Kier alpha value is -3.28. The summed E-state index contributed by atoms with van der Waals surface area (Å²) in [5.41, 5.74) is 2.44. The Morgan fingerprint density at radius 1 is 1.00 bits per heavy atom. The summed E-state index contributed by atoms with van der Waals surface area (Å²) in [7, 11) is 0. The van der Waals surface area contributed by atoms with Crippen LogP contribution in [0.15, 0.2) is 67.3 Å². The molecule has 6 heteroatoms. The highest BCUT2D eigenvalue weighted by atomic mass is 16.1. The van der Waals surface area contributed by atoms with Gasteiger partial charge in [0, 0.05) is 32.0 Å². The van der Waals surface area contributed by atoms with Crippen molar-refractivity contribution >= 4 is 11.7 Å². The minimum atomic E-state index is -0.251. The third-order valence-electron chi connectivity index (χ3n) is 3.97. The second-order valence-electron chi connectivity index (χ2n) is 5.80. The standard InChI is InChI=1S/C20H21N5O/c1-2-25(15-16-7-4-3-5-8-16)19-14-22-18(13-23-19)20(26)24-12-17-9-6-10-21-11-17/h3-11,13-14H,2,12,15H2,1H3,(H,24,26). The van der Waals surface area contributed by atoms with Crippen LogP contribution in [0.5, 0.6) is 0 Å². The van der Waals surface area contributed by atoms with Crippen LogP contribution in [0.1, 0.15) is 28.5 Å². The summed E-state index contributed by atoms with van der Waals surface area (Å²) < 4.78 is 0. The van der Waals surface area contributed by atoms with E-state index in [2.05, 4.69) is 44.2 Å². The number of hydrogen-bond acceptors (Lipinski definition) is 5. The van der Waals surface area contributed by atoms with Gasteiger partial charge in [0.25, 0.3) is 5.91 Å². The molecule has 1 N–H and O–H groups in total. The molecule has 0 fully saturated rings. The summed E-state index contributed by atoms with van der Waals surface area (Å²) in [6.45, 7) is 4.03. The largest absolute Gasteiger partial charge is 0.351 e. The van der Waals surface area contributed by atoms with Gasteiger partial charge in [-0.2, -0.15) is 0 Å². The van der Waals surface area contributed by atoms with Gasteiger partial charge in [0.1, 0.15) is 11.5 Å². The Balaban J connectivity index is 1.62. The smallest absolute Gasteiger partial charge is 0.271 e. The van der Waals surface area contributed by atoms with E-state index in [9.17, 15) is 4.79 Å². The molecule has 2 heterocycles. The van der Waals surface area contributed by atoms with Crippen molar-refractivity contribution in [3.05, 3.63) is 84.1 Å². The van der Waals surface area contributed by atoms with Crippen LogP contribution in [0.4, 0.5) is 5.82 Å². The van der Waals surface area contributed by atoms with E-state index < -0.39 is 0 Å². The number of aromatic nitrogens is 3. The molecular formula is C20H21N5O. The maximum Gasteiger partial charge on any atom is 0.271 e. The van der Waals surface area contributed by atoms with Gasteiger partial charge in [-0.3, -0.25) is 9.78 Å². The lowest BCUT2D eigenvalue weighted by molar-refractivity contribution is 0.0945. The molecule has 3 rings (SSSR count). The zero-order valence-electron chi connectivity index (χ0n) is 14.7. The first-order valence-electron chi connectivity index (χ1n) is 8.54. The molecule has 0 bridgehead atoms. The number of nitrogens with one attached hydrogen (secondary N) is 1. The molecule has 0 spiro atoms. The van der Waals surface area contributed by atoms with E-state index in [1.807, 2.05) is 30.3 Å². The number of hydrogen-bond donors (Lipinski definition) is 1. The molecule has 1 aromatic carbocycles. The van der Waals surface area contributed by atoms with Gasteiger partial charge < -0.3 is 10.2 Å². The van der Waals surface area contributed by atoms with E-state index in [0.29, 0.717) is 12.2 Å². The highest BCUT2D eigenvalue weighted by Gasteiger charge is 2.11. The van der Waals surface area contributed by atoms with Crippen LogP contribution in [0, 0.1) is 0 Å². The zero-order valence-corrected chi connectivity index (χ0v) is 14.7. The Labute approximate surface area is 153 Å². The van der Waals surface area contributed by atoms with Gasteiger partial charge in [-0.05, 0) is 24.1 Å². The van der Waals surface area contributed by atoms with Gasteiger partial charge >= 0.3 is 0 Å². The number of anilines is 1. The highest BCUT2D eigenvalue weighted by Crippen LogP contribution is 2.13. The normalized spacial score (nSPS) is 10.3. The highest BCUT2D eigenvalue weighted by molar-refractivity contribution is 5.91. The summed E-state index contributed by atoms with van der Waals surface area (Å²) in [6.07, 6.45) is 6.58. The van der Waals surface area contributed by atoms with Crippen molar-refractivity contribution < 1.29 is 4.79 Å². The van der Waals surface area contributed by atoms with Crippen LogP contribution in [0.2, 0.25) is 0 Å². The van der Waals surface area contributed by atoms with Crippen molar-refractivity contribution in [2.45, 2.75) is 20.0 Å². The number of carbonyl (C=O) groups is 1. The lowest BCUT2D eigenvalue weighted by Crippen LogP contribution is -2.26. The molecule has 26 heavy (non-hydrogen) atoms. The van der Waals surface area contributed by atoms with Gasteiger partial charge in [-0.1, -0.05) is 36.4 Å². The molecule has 1 amide bonds. The summed E-state index contributed by atoms with van der Waals surface area (Å²) >= 11 is 0. The number of amides is 1. The summed E-state index contributed by atoms with van der Waals surface area (Å²) in [6, 6.07) is 13.9. The average Bonchev–Trinajstić information content (AvgIpc) is 2.72. The van der Waals surface area contributed by atoms with Crippen LogP contribution in [-0.2, 0) is 13.1 Å². The monoisotopic (exact) mass is 347 g/mol. The predicted octanol–water partition coefficient (Wildman–Crippen LogP) is 2.83. The van der Waals surface area contributed by atoms with Gasteiger partial charge in [0.15, 0.2) is 0 Å². The van der Waals surface area contributed by atoms with E-state index in [-0.39, 0.29) is 5.91 Å². The third-order valence-corrected chi connectivity index (χ3v) is 3.97. The van der Waals surface area contributed by atoms with Crippen molar-refractivity contribution in [1.29, 1.82) is 0 Å². The van der Waals surface area contributed by atoms with Gasteiger partial charge in [-0.25, -0.2) is 9.97 Å². The molecular weight excluding hydrogens is 326 g/mol. The lowest BCUT2D eigenvalue weighted by atomic mass is 10.2. The topological polar surface area (TPSA) is 71.0 Å². The first-order chi connectivity index (χ1) is 12.8. The molecule has 132 valence electrons. The fourth-order valence-electron chi connectivity index (χ4n) is 2.54. The predicted molar refractivity (Wildman–Crippen MR) is 101 cm³/mol. The number of rotatable bonds is 7.